The number of ether oxygens (including phenoxy) is 2. The normalized spacial score (nSPS) is 12.7. The molecule has 0 fully saturated rings. The maximum Gasteiger partial charge on any atom is 0.193 e. The van der Waals surface area contributed by atoms with Crippen LogP contribution >= 0.6 is 11.6 Å². The second-order valence-electron chi connectivity index (χ2n) is 5.81. The number of guanidine groups is 1. The zero-order valence-corrected chi connectivity index (χ0v) is 15.3. The lowest BCUT2D eigenvalue weighted by molar-refractivity contribution is 0.0945. The molecule has 2 rings (SSSR count). The van der Waals surface area contributed by atoms with Crippen LogP contribution in [0.15, 0.2) is 53.5 Å². The lowest BCUT2D eigenvalue weighted by Crippen LogP contribution is -2.24. The van der Waals surface area contributed by atoms with Crippen molar-refractivity contribution in [2.45, 2.75) is 13.5 Å². The third-order valence-electron chi connectivity index (χ3n) is 3.51. The summed E-state index contributed by atoms with van der Waals surface area (Å²) in [5, 5.41) is 3.53. The number of nitrogens with one attached hydrogen (secondary N) is 1. The first-order valence-corrected chi connectivity index (χ1v) is 8.48. The summed E-state index contributed by atoms with van der Waals surface area (Å²) < 4.78 is 10.8. The first-order valence-electron chi connectivity index (χ1n) is 8.10. The van der Waals surface area contributed by atoms with E-state index in [0.29, 0.717) is 36.5 Å². The SMILES string of the molecule is COc1ccc(NC(N)=NCC(C)COCc2ccccc2)cc1Cl. The first kappa shape index (κ1) is 19.1. The van der Waals surface area contributed by atoms with Crippen LogP contribution in [0.1, 0.15) is 12.5 Å². The summed E-state index contributed by atoms with van der Waals surface area (Å²) in [6.07, 6.45) is 0. The predicted molar refractivity (Wildman–Crippen MR) is 103 cm³/mol. The summed E-state index contributed by atoms with van der Waals surface area (Å²) >= 11 is 6.09. The fraction of sp³-hybridized carbons (Fsp3) is 0.316. The van der Waals surface area contributed by atoms with Gasteiger partial charge >= 0.3 is 0 Å². The van der Waals surface area contributed by atoms with Gasteiger partial charge in [-0.25, -0.2) is 0 Å². The van der Waals surface area contributed by atoms with E-state index in [2.05, 4.69) is 17.2 Å². The van der Waals surface area contributed by atoms with E-state index in [1.165, 1.54) is 0 Å². The zero-order chi connectivity index (χ0) is 18.1. The van der Waals surface area contributed by atoms with Gasteiger partial charge in [-0.3, -0.25) is 4.99 Å². The summed E-state index contributed by atoms with van der Waals surface area (Å²) in [6.45, 7) is 3.89. The van der Waals surface area contributed by atoms with Crippen LogP contribution < -0.4 is 15.8 Å². The molecular weight excluding hydrogens is 338 g/mol. The number of aliphatic imine (C=N–C) groups is 1. The molecule has 0 spiro atoms. The highest BCUT2D eigenvalue weighted by molar-refractivity contribution is 6.32. The van der Waals surface area contributed by atoms with Crippen molar-refractivity contribution in [1.82, 2.24) is 0 Å². The molecular formula is C19H24ClN3O2. The smallest absolute Gasteiger partial charge is 0.193 e. The van der Waals surface area contributed by atoms with Gasteiger partial charge in [0.25, 0.3) is 0 Å². The van der Waals surface area contributed by atoms with Crippen molar-refractivity contribution >= 4 is 23.2 Å². The van der Waals surface area contributed by atoms with E-state index in [0.717, 1.165) is 11.3 Å². The van der Waals surface area contributed by atoms with Crippen molar-refractivity contribution < 1.29 is 9.47 Å². The molecule has 0 saturated heterocycles. The van der Waals surface area contributed by atoms with Crippen LogP contribution in [0.5, 0.6) is 5.75 Å². The average Bonchev–Trinajstić information content (AvgIpc) is 2.61. The van der Waals surface area contributed by atoms with Crippen LogP contribution in [0.4, 0.5) is 5.69 Å². The van der Waals surface area contributed by atoms with Gasteiger partial charge in [-0.05, 0) is 29.7 Å². The van der Waals surface area contributed by atoms with Crippen LogP contribution in [0.3, 0.4) is 0 Å². The van der Waals surface area contributed by atoms with Gasteiger partial charge in [-0.2, -0.15) is 0 Å². The Kier molecular flexibility index (Phi) is 7.57. The fourth-order valence-corrected chi connectivity index (χ4v) is 2.45. The maximum atomic E-state index is 6.09. The Balaban J connectivity index is 1.75. The van der Waals surface area contributed by atoms with E-state index < -0.39 is 0 Å². The minimum Gasteiger partial charge on any atom is -0.495 e. The highest BCUT2D eigenvalue weighted by atomic mass is 35.5. The van der Waals surface area contributed by atoms with Gasteiger partial charge in [-0.1, -0.05) is 48.9 Å². The largest absolute Gasteiger partial charge is 0.495 e. The Hall–Kier alpha value is -2.24. The van der Waals surface area contributed by atoms with Crippen LogP contribution in [0.2, 0.25) is 5.02 Å². The molecule has 0 saturated carbocycles. The van der Waals surface area contributed by atoms with Gasteiger partial charge in [-0.15, -0.1) is 0 Å². The Labute approximate surface area is 153 Å². The molecule has 5 nitrogen and oxygen atoms in total. The number of halogens is 1. The topological polar surface area (TPSA) is 68.9 Å². The van der Waals surface area contributed by atoms with Crippen LogP contribution in [0, 0.1) is 5.92 Å². The van der Waals surface area contributed by atoms with Gasteiger partial charge in [0.1, 0.15) is 5.75 Å². The molecule has 0 aliphatic carbocycles. The number of nitrogens with zero attached hydrogens (tertiary/aromatic N) is 1. The van der Waals surface area contributed by atoms with Crippen LogP contribution in [0.25, 0.3) is 0 Å². The molecule has 1 atom stereocenters. The Morgan fingerprint density at radius 1 is 1.24 bits per heavy atom. The molecule has 3 N–H and O–H groups in total. The molecule has 0 aromatic heterocycles. The molecule has 0 amide bonds. The minimum atomic E-state index is 0.267. The Morgan fingerprint density at radius 3 is 2.68 bits per heavy atom. The molecule has 0 aliphatic rings. The number of hydrogen-bond donors (Lipinski definition) is 2. The van der Waals surface area contributed by atoms with Crippen LogP contribution in [-0.2, 0) is 11.3 Å². The van der Waals surface area contributed by atoms with Gasteiger partial charge in [0.05, 0.1) is 25.3 Å². The van der Waals surface area contributed by atoms with Crippen molar-refractivity contribution in [2.75, 3.05) is 25.6 Å². The molecule has 25 heavy (non-hydrogen) atoms. The number of methoxy groups -OCH3 is 1. The molecule has 2 aromatic rings. The van der Waals surface area contributed by atoms with Crippen molar-refractivity contribution in [1.29, 1.82) is 0 Å². The predicted octanol–water partition coefficient (Wildman–Crippen LogP) is 3.93. The minimum absolute atomic E-state index is 0.267. The second kappa shape index (κ2) is 9.91. The lowest BCUT2D eigenvalue weighted by atomic mass is 10.2. The second-order valence-corrected chi connectivity index (χ2v) is 6.21. The Bertz CT molecular complexity index is 692. The highest BCUT2D eigenvalue weighted by Crippen LogP contribution is 2.27. The first-order chi connectivity index (χ1) is 12.1. The molecule has 2 aromatic carbocycles. The summed E-state index contributed by atoms with van der Waals surface area (Å²) in [5.41, 5.74) is 7.84. The monoisotopic (exact) mass is 361 g/mol. The van der Waals surface area contributed by atoms with E-state index >= 15 is 0 Å². The molecule has 0 bridgehead atoms. The van der Waals surface area contributed by atoms with E-state index in [1.54, 1.807) is 19.2 Å². The summed E-state index contributed by atoms with van der Waals surface area (Å²) in [5.74, 6) is 1.23. The van der Waals surface area contributed by atoms with E-state index in [-0.39, 0.29) is 5.92 Å². The van der Waals surface area contributed by atoms with Gasteiger partial charge in [0.15, 0.2) is 5.96 Å². The Morgan fingerprint density at radius 2 is 2.00 bits per heavy atom. The number of hydrogen-bond acceptors (Lipinski definition) is 3. The average molecular weight is 362 g/mol. The van der Waals surface area contributed by atoms with Crippen molar-refractivity contribution in [3.63, 3.8) is 0 Å². The van der Waals surface area contributed by atoms with Crippen molar-refractivity contribution in [3.05, 3.63) is 59.1 Å². The zero-order valence-electron chi connectivity index (χ0n) is 14.5. The quantitative estimate of drug-likeness (QED) is 0.552. The maximum absolute atomic E-state index is 6.09. The molecule has 134 valence electrons. The fourth-order valence-electron chi connectivity index (χ4n) is 2.19. The number of nitrogens with two attached hydrogens (primary N) is 1. The summed E-state index contributed by atoms with van der Waals surface area (Å²) in [7, 11) is 1.57. The molecule has 0 radical (unpaired) electrons. The third kappa shape index (κ3) is 6.64. The van der Waals surface area contributed by atoms with Crippen LogP contribution in [-0.4, -0.2) is 26.2 Å². The standard InChI is InChI=1S/C19H24ClN3O2/c1-14(12-25-13-15-6-4-3-5-7-15)11-22-19(21)23-16-8-9-18(24-2)17(20)10-16/h3-10,14H,11-13H2,1-2H3,(H3,21,22,23). The lowest BCUT2D eigenvalue weighted by Gasteiger charge is -2.11. The number of rotatable bonds is 8. The van der Waals surface area contributed by atoms with Gasteiger partial charge in [0, 0.05) is 12.2 Å². The van der Waals surface area contributed by atoms with E-state index in [9.17, 15) is 0 Å². The number of anilines is 1. The third-order valence-corrected chi connectivity index (χ3v) is 3.81. The molecule has 1 unspecified atom stereocenters. The van der Waals surface area contributed by atoms with Crippen molar-refractivity contribution in [3.8, 4) is 5.75 Å². The van der Waals surface area contributed by atoms with E-state index in [4.69, 9.17) is 26.8 Å². The van der Waals surface area contributed by atoms with Gasteiger partial charge < -0.3 is 20.5 Å². The molecule has 0 aliphatic heterocycles. The van der Waals surface area contributed by atoms with Gasteiger partial charge in [0.2, 0.25) is 0 Å². The molecule has 6 heteroatoms. The van der Waals surface area contributed by atoms with Crippen molar-refractivity contribution in [2.24, 2.45) is 16.6 Å². The summed E-state index contributed by atoms with van der Waals surface area (Å²) in [4.78, 5) is 4.35. The molecule has 0 heterocycles. The number of benzene rings is 2. The summed E-state index contributed by atoms with van der Waals surface area (Å²) in [6, 6.07) is 15.4. The highest BCUT2D eigenvalue weighted by Gasteiger charge is 2.05. The van der Waals surface area contributed by atoms with E-state index in [1.807, 2.05) is 36.4 Å².